The van der Waals surface area contributed by atoms with E-state index < -0.39 is 9.84 Å². The van der Waals surface area contributed by atoms with Crippen LogP contribution in [0.5, 0.6) is 0 Å². The fraction of sp³-hybridized carbons (Fsp3) is 0.118. The van der Waals surface area contributed by atoms with Crippen LogP contribution in [-0.2, 0) is 9.84 Å². The van der Waals surface area contributed by atoms with Gasteiger partial charge < -0.3 is 9.32 Å². The van der Waals surface area contributed by atoms with Crippen LogP contribution in [0.3, 0.4) is 0 Å². The summed E-state index contributed by atoms with van der Waals surface area (Å²) < 4.78 is 32.4. The highest BCUT2D eigenvalue weighted by atomic mass is 79.9. The average Bonchev–Trinajstić information content (AvgIpc) is 3.02. The van der Waals surface area contributed by atoms with Crippen molar-refractivity contribution >= 4 is 31.7 Å². The molecule has 0 radical (unpaired) electrons. The molecule has 0 atom stereocenters. The molecular formula is C17H15BrN2O3S. The maximum atomic E-state index is 12.9. The molecule has 0 amide bonds. The molecule has 3 rings (SSSR count). The smallest absolute Gasteiger partial charge is 0.235 e. The Balaban J connectivity index is 2.20. The third kappa shape index (κ3) is 2.97. The molecule has 1 heterocycles. The summed E-state index contributed by atoms with van der Waals surface area (Å²) >= 11 is 3.44. The number of hydrogen-bond donors (Lipinski definition) is 0. The third-order valence-electron chi connectivity index (χ3n) is 3.40. The van der Waals surface area contributed by atoms with E-state index in [0.717, 1.165) is 4.47 Å². The van der Waals surface area contributed by atoms with E-state index in [9.17, 15) is 8.42 Å². The van der Waals surface area contributed by atoms with E-state index in [1.54, 1.807) is 49.3 Å². The number of nitrogens with zero attached hydrogens (tertiary/aromatic N) is 2. The molecule has 0 saturated heterocycles. The van der Waals surface area contributed by atoms with Gasteiger partial charge in [0.25, 0.3) is 0 Å². The maximum absolute atomic E-state index is 12.9. The van der Waals surface area contributed by atoms with Crippen molar-refractivity contribution in [2.24, 2.45) is 0 Å². The molecule has 7 heteroatoms. The van der Waals surface area contributed by atoms with Gasteiger partial charge in [-0.25, -0.2) is 8.42 Å². The van der Waals surface area contributed by atoms with Gasteiger partial charge in [-0.3, -0.25) is 0 Å². The van der Waals surface area contributed by atoms with Gasteiger partial charge in [0.1, 0.15) is 0 Å². The van der Waals surface area contributed by atoms with Crippen molar-refractivity contribution < 1.29 is 12.8 Å². The van der Waals surface area contributed by atoms with Crippen LogP contribution in [0, 0.1) is 0 Å². The van der Waals surface area contributed by atoms with Crippen LogP contribution >= 0.6 is 15.9 Å². The molecule has 0 unspecified atom stereocenters. The lowest BCUT2D eigenvalue weighted by Gasteiger charge is -2.10. The maximum Gasteiger partial charge on any atom is 0.235 e. The number of rotatable bonds is 4. The molecule has 0 fully saturated rings. The number of aromatic nitrogens is 1. The number of benzene rings is 2. The Morgan fingerprint density at radius 1 is 1.00 bits per heavy atom. The summed E-state index contributed by atoms with van der Waals surface area (Å²) in [5.74, 6) is 0.449. The van der Waals surface area contributed by atoms with Gasteiger partial charge in [0.15, 0.2) is 0 Å². The predicted molar refractivity (Wildman–Crippen MR) is 95.9 cm³/mol. The van der Waals surface area contributed by atoms with Crippen LogP contribution in [0.25, 0.3) is 11.5 Å². The van der Waals surface area contributed by atoms with Gasteiger partial charge in [-0.2, -0.15) is 4.98 Å². The van der Waals surface area contributed by atoms with E-state index in [4.69, 9.17) is 4.42 Å². The number of oxazole rings is 1. The lowest BCUT2D eigenvalue weighted by molar-refractivity contribution is 0.564. The largest absolute Gasteiger partial charge is 0.419 e. The molecule has 24 heavy (non-hydrogen) atoms. The van der Waals surface area contributed by atoms with Crippen molar-refractivity contribution in [3.63, 3.8) is 0 Å². The van der Waals surface area contributed by atoms with Crippen molar-refractivity contribution in [3.05, 3.63) is 59.1 Å². The molecule has 0 spiro atoms. The first-order valence-electron chi connectivity index (χ1n) is 7.14. The zero-order valence-corrected chi connectivity index (χ0v) is 15.5. The molecule has 1 aromatic heterocycles. The molecular weight excluding hydrogens is 392 g/mol. The Morgan fingerprint density at radius 2 is 1.62 bits per heavy atom. The minimum atomic E-state index is -3.78. The topological polar surface area (TPSA) is 63.4 Å². The Bertz CT molecular complexity index is 967. The van der Waals surface area contributed by atoms with Crippen LogP contribution < -0.4 is 4.90 Å². The van der Waals surface area contributed by atoms with Gasteiger partial charge in [-0.1, -0.05) is 30.3 Å². The van der Waals surface area contributed by atoms with E-state index in [0.29, 0.717) is 5.56 Å². The zero-order chi connectivity index (χ0) is 17.3. The third-order valence-corrected chi connectivity index (χ3v) is 5.76. The van der Waals surface area contributed by atoms with Crippen molar-refractivity contribution in [1.82, 2.24) is 4.98 Å². The monoisotopic (exact) mass is 406 g/mol. The van der Waals surface area contributed by atoms with Crippen molar-refractivity contribution in [2.45, 2.75) is 9.92 Å². The van der Waals surface area contributed by atoms with Gasteiger partial charge in [0.2, 0.25) is 26.6 Å². The highest BCUT2D eigenvalue weighted by Crippen LogP contribution is 2.35. The predicted octanol–water partition coefficient (Wildman–Crippen LogP) is 4.00. The fourth-order valence-electron chi connectivity index (χ4n) is 2.22. The lowest BCUT2D eigenvalue weighted by atomic mass is 10.2. The van der Waals surface area contributed by atoms with Crippen molar-refractivity contribution in [1.29, 1.82) is 0 Å². The van der Waals surface area contributed by atoms with E-state index in [2.05, 4.69) is 20.9 Å². The standard InChI is InChI=1S/C17H15BrN2O3S/c1-20(2)17-16(24(21,22)12-8-4-3-5-9-12)19-15(23-17)13-10-6-7-11-14(13)18/h3-11H,1-2H3. The molecule has 0 saturated carbocycles. The highest BCUT2D eigenvalue weighted by molar-refractivity contribution is 9.10. The Morgan fingerprint density at radius 3 is 2.25 bits per heavy atom. The first-order valence-corrected chi connectivity index (χ1v) is 9.42. The summed E-state index contributed by atoms with van der Waals surface area (Å²) in [7, 11) is -0.343. The molecule has 2 aromatic carbocycles. The van der Waals surface area contributed by atoms with Crippen LogP contribution in [0.2, 0.25) is 0 Å². The minimum Gasteiger partial charge on any atom is -0.419 e. The fourth-order valence-corrected chi connectivity index (χ4v) is 4.07. The van der Waals surface area contributed by atoms with E-state index in [-0.39, 0.29) is 21.7 Å². The van der Waals surface area contributed by atoms with Gasteiger partial charge in [0.05, 0.1) is 10.5 Å². The van der Waals surface area contributed by atoms with Gasteiger partial charge >= 0.3 is 0 Å². The average molecular weight is 407 g/mol. The molecule has 0 aliphatic rings. The molecule has 0 aliphatic carbocycles. The van der Waals surface area contributed by atoms with Gasteiger partial charge in [-0.05, 0) is 40.2 Å². The van der Waals surface area contributed by atoms with Gasteiger partial charge in [0, 0.05) is 18.6 Å². The first kappa shape index (κ1) is 16.7. The molecule has 3 aromatic rings. The number of sulfone groups is 1. The quantitative estimate of drug-likeness (QED) is 0.654. The van der Waals surface area contributed by atoms with Crippen molar-refractivity contribution in [3.8, 4) is 11.5 Å². The first-order chi connectivity index (χ1) is 11.4. The molecule has 124 valence electrons. The summed E-state index contributed by atoms with van der Waals surface area (Å²) in [6, 6.07) is 15.6. The molecule has 0 N–H and O–H groups in total. The van der Waals surface area contributed by atoms with Crippen LogP contribution in [0.15, 0.2) is 73.4 Å². The summed E-state index contributed by atoms with van der Waals surface area (Å²) in [6.45, 7) is 0. The molecule has 0 bridgehead atoms. The van der Waals surface area contributed by atoms with Crippen molar-refractivity contribution in [2.75, 3.05) is 19.0 Å². The van der Waals surface area contributed by atoms with Gasteiger partial charge in [-0.15, -0.1) is 0 Å². The Kier molecular flexibility index (Phi) is 4.47. The zero-order valence-electron chi connectivity index (χ0n) is 13.1. The summed E-state index contributed by atoms with van der Waals surface area (Å²) in [5.41, 5.74) is 0.690. The summed E-state index contributed by atoms with van der Waals surface area (Å²) in [6.07, 6.45) is 0. The van der Waals surface area contributed by atoms with E-state index in [1.807, 2.05) is 24.3 Å². The molecule has 5 nitrogen and oxygen atoms in total. The van der Waals surface area contributed by atoms with Crippen LogP contribution in [0.1, 0.15) is 0 Å². The Hall–Kier alpha value is -2.12. The SMILES string of the molecule is CN(C)c1oc(-c2ccccc2Br)nc1S(=O)(=O)c1ccccc1. The van der Waals surface area contributed by atoms with Crippen LogP contribution in [-0.4, -0.2) is 27.5 Å². The second-order valence-corrected chi connectivity index (χ2v) is 8.04. The highest BCUT2D eigenvalue weighted by Gasteiger charge is 2.29. The Labute approximate surface area is 149 Å². The summed E-state index contributed by atoms with van der Waals surface area (Å²) in [5, 5.41) is -0.0931. The summed E-state index contributed by atoms with van der Waals surface area (Å²) in [4.78, 5) is 6.07. The normalized spacial score (nSPS) is 11.5. The second-order valence-electron chi connectivity index (χ2n) is 5.32. The minimum absolute atomic E-state index is 0.0931. The van der Waals surface area contributed by atoms with Crippen LogP contribution in [0.4, 0.5) is 5.88 Å². The molecule has 0 aliphatic heterocycles. The van der Waals surface area contributed by atoms with E-state index >= 15 is 0 Å². The van der Waals surface area contributed by atoms with E-state index in [1.165, 1.54) is 0 Å². The number of hydrogen-bond acceptors (Lipinski definition) is 5. The number of anilines is 1. The lowest BCUT2D eigenvalue weighted by Crippen LogP contribution is -2.13. The number of halogens is 1. The second kappa shape index (κ2) is 6.41.